The molecule has 160 valence electrons. The first-order valence-electron chi connectivity index (χ1n) is 9.65. The third-order valence-corrected chi connectivity index (χ3v) is 5.86. The average molecular weight is 450 g/mol. The van der Waals surface area contributed by atoms with Crippen LogP contribution in [0.3, 0.4) is 0 Å². The zero-order chi connectivity index (χ0) is 21.5. The molecule has 1 aliphatic rings. The van der Waals surface area contributed by atoms with Crippen molar-refractivity contribution < 1.29 is 23.8 Å². The van der Waals surface area contributed by atoms with E-state index in [1.165, 1.54) is 0 Å². The predicted molar refractivity (Wildman–Crippen MR) is 117 cm³/mol. The second-order valence-corrected chi connectivity index (χ2v) is 8.41. The monoisotopic (exact) mass is 449 g/mol. The number of halogens is 1. The van der Waals surface area contributed by atoms with Crippen LogP contribution in [0.25, 0.3) is 0 Å². The number of rotatable bonds is 10. The van der Waals surface area contributed by atoms with Crippen molar-refractivity contribution in [3.8, 4) is 5.75 Å². The van der Waals surface area contributed by atoms with Gasteiger partial charge in [0.1, 0.15) is 18.5 Å². The van der Waals surface area contributed by atoms with E-state index in [4.69, 9.17) is 25.8 Å². The fourth-order valence-corrected chi connectivity index (χ4v) is 4.12. The lowest BCUT2D eigenvalue weighted by molar-refractivity contribution is -0.165. The number of carbonyl (C=O) groups is 2. The Hall–Kier alpha value is -2.06. The molecule has 0 aliphatic carbocycles. The van der Waals surface area contributed by atoms with Gasteiger partial charge in [0.15, 0.2) is 6.29 Å². The highest BCUT2D eigenvalue weighted by Crippen LogP contribution is 2.26. The van der Waals surface area contributed by atoms with Gasteiger partial charge in [0, 0.05) is 12.1 Å². The topological polar surface area (TPSA) is 73.9 Å². The summed E-state index contributed by atoms with van der Waals surface area (Å²) in [6, 6.07) is 15.0. The maximum atomic E-state index is 11.7. The van der Waals surface area contributed by atoms with E-state index in [2.05, 4.69) is 5.32 Å². The molecule has 8 heteroatoms. The molecule has 0 bridgehead atoms. The molecule has 6 nitrogen and oxygen atoms in total. The molecule has 3 atom stereocenters. The Morgan fingerprint density at radius 1 is 1.17 bits per heavy atom. The van der Waals surface area contributed by atoms with Gasteiger partial charge in [-0.3, -0.25) is 14.9 Å². The molecule has 1 aliphatic heterocycles. The zero-order valence-electron chi connectivity index (χ0n) is 16.8. The van der Waals surface area contributed by atoms with E-state index in [1.54, 1.807) is 7.11 Å². The van der Waals surface area contributed by atoms with Crippen LogP contribution in [0, 0.1) is 0 Å². The number of hydrogen-bond acceptors (Lipinski definition) is 6. The van der Waals surface area contributed by atoms with E-state index >= 15 is 0 Å². The molecule has 1 heterocycles. The summed E-state index contributed by atoms with van der Waals surface area (Å²) in [5.41, 5.74) is 1.86. The van der Waals surface area contributed by atoms with E-state index in [9.17, 15) is 9.59 Å². The lowest BCUT2D eigenvalue weighted by atomic mass is 10.1. The fourth-order valence-electron chi connectivity index (χ4n) is 3.06. The second kappa shape index (κ2) is 10.8. The maximum absolute atomic E-state index is 11.7. The summed E-state index contributed by atoms with van der Waals surface area (Å²) in [5.74, 6) is 0.440. The molecule has 0 saturated carbocycles. The number of carbonyl (C=O) groups excluding carboxylic acids is 2. The van der Waals surface area contributed by atoms with Gasteiger partial charge in [-0.2, -0.15) is 0 Å². The van der Waals surface area contributed by atoms with Crippen LogP contribution in [0.15, 0.2) is 48.5 Å². The first-order valence-corrected chi connectivity index (χ1v) is 10.9. The lowest BCUT2D eigenvalue weighted by Crippen LogP contribution is -2.25. The lowest BCUT2D eigenvalue weighted by Gasteiger charge is -2.24. The molecule has 1 saturated heterocycles. The summed E-state index contributed by atoms with van der Waals surface area (Å²) in [4.78, 5) is 23.0. The minimum Gasteiger partial charge on any atom is -0.491 e. The summed E-state index contributed by atoms with van der Waals surface area (Å²) in [7, 11) is 1.61. The number of hydrogen-bond donors (Lipinski definition) is 1. The Balaban J connectivity index is 1.63. The Labute approximate surface area is 185 Å². The normalized spacial score (nSPS) is 18.2. The largest absolute Gasteiger partial charge is 0.491 e. The number of amides is 2. The fraction of sp³-hybridized carbons (Fsp3) is 0.364. The molecule has 2 aromatic rings. The summed E-state index contributed by atoms with van der Waals surface area (Å²) < 4.78 is 17.4. The third kappa shape index (κ3) is 6.22. The molecule has 0 aromatic heterocycles. The first-order chi connectivity index (χ1) is 14.5. The van der Waals surface area contributed by atoms with Crippen molar-refractivity contribution in [1.82, 2.24) is 5.32 Å². The minimum atomic E-state index is -0.384. The number of thioether (sulfide) groups is 1. The molecule has 3 unspecified atom stereocenters. The SMILES string of the molecule is CCC(OC)OC(COc1ccc(CC2SC(=O)NC2=O)cc1)c1cccc(Cl)c1. The van der Waals surface area contributed by atoms with Crippen molar-refractivity contribution in [3.05, 3.63) is 64.7 Å². The summed E-state index contributed by atoms with van der Waals surface area (Å²) >= 11 is 7.16. The van der Waals surface area contributed by atoms with Crippen LogP contribution in [-0.2, 0) is 20.7 Å². The van der Waals surface area contributed by atoms with Gasteiger partial charge in [-0.15, -0.1) is 0 Å². The van der Waals surface area contributed by atoms with Crippen LogP contribution in [-0.4, -0.2) is 36.4 Å². The van der Waals surface area contributed by atoms with Gasteiger partial charge < -0.3 is 14.2 Å². The van der Waals surface area contributed by atoms with Crippen molar-refractivity contribution >= 4 is 34.5 Å². The quantitative estimate of drug-likeness (QED) is 0.527. The van der Waals surface area contributed by atoms with Gasteiger partial charge in [-0.25, -0.2) is 0 Å². The van der Waals surface area contributed by atoms with E-state index in [0.29, 0.717) is 23.6 Å². The number of imide groups is 1. The van der Waals surface area contributed by atoms with Gasteiger partial charge in [0.05, 0.1) is 5.25 Å². The highest BCUT2D eigenvalue weighted by Gasteiger charge is 2.31. The van der Waals surface area contributed by atoms with Crippen LogP contribution in [0.1, 0.15) is 30.6 Å². The highest BCUT2D eigenvalue weighted by molar-refractivity contribution is 8.15. The summed E-state index contributed by atoms with van der Waals surface area (Å²) in [5, 5.41) is 2.25. The van der Waals surface area contributed by atoms with Crippen molar-refractivity contribution in [2.45, 2.75) is 37.4 Å². The number of nitrogens with one attached hydrogen (secondary N) is 1. The summed E-state index contributed by atoms with van der Waals surface area (Å²) in [6.07, 6.45) is 0.496. The summed E-state index contributed by atoms with van der Waals surface area (Å²) in [6.45, 7) is 2.27. The van der Waals surface area contributed by atoms with E-state index in [-0.39, 0.29) is 35.4 Å². The molecule has 0 radical (unpaired) electrons. The number of ether oxygens (including phenoxy) is 3. The third-order valence-electron chi connectivity index (χ3n) is 4.65. The van der Waals surface area contributed by atoms with Gasteiger partial charge in [0.25, 0.3) is 5.24 Å². The van der Waals surface area contributed by atoms with E-state index < -0.39 is 0 Å². The number of benzene rings is 2. The van der Waals surface area contributed by atoms with Gasteiger partial charge in [0.2, 0.25) is 5.91 Å². The maximum Gasteiger partial charge on any atom is 0.286 e. The van der Waals surface area contributed by atoms with Crippen LogP contribution < -0.4 is 10.1 Å². The van der Waals surface area contributed by atoms with Crippen molar-refractivity contribution in [2.75, 3.05) is 13.7 Å². The Morgan fingerprint density at radius 2 is 1.93 bits per heavy atom. The first kappa shape index (κ1) is 22.6. The van der Waals surface area contributed by atoms with E-state index in [0.717, 1.165) is 22.9 Å². The number of methoxy groups -OCH3 is 1. The van der Waals surface area contributed by atoms with Crippen molar-refractivity contribution in [1.29, 1.82) is 0 Å². The molecule has 0 spiro atoms. The molecule has 1 N–H and O–H groups in total. The molecule has 2 amide bonds. The van der Waals surface area contributed by atoms with Crippen LogP contribution >= 0.6 is 23.4 Å². The smallest absolute Gasteiger partial charge is 0.286 e. The molecule has 2 aromatic carbocycles. The standard InChI is InChI=1S/C22H24ClNO5S/c1-3-20(27-2)29-18(15-5-4-6-16(23)12-15)13-28-17-9-7-14(8-10-17)11-19-21(25)24-22(26)30-19/h4-10,12,18-20H,3,11,13H2,1-2H3,(H,24,25,26). The van der Waals surface area contributed by atoms with Crippen molar-refractivity contribution in [3.63, 3.8) is 0 Å². The van der Waals surface area contributed by atoms with Gasteiger partial charge >= 0.3 is 0 Å². The Bertz CT molecular complexity index is 872. The van der Waals surface area contributed by atoms with Crippen molar-refractivity contribution in [2.24, 2.45) is 0 Å². The minimum absolute atomic E-state index is 0.240. The van der Waals surface area contributed by atoms with E-state index in [1.807, 2.05) is 55.5 Å². The Kier molecular flexibility index (Phi) is 8.16. The average Bonchev–Trinajstić information content (AvgIpc) is 3.06. The van der Waals surface area contributed by atoms with Crippen LogP contribution in [0.2, 0.25) is 5.02 Å². The molecule has 1 fully saturated rings. The molecular formula is C22H24ClNO5S. The highest BCUT2D eigenvalue weighted by atomic mass is 35.5. The molecular weight excluding hydrogens is 426 g/mol. The molecule has 30 heavy (non-hydrogen) atoms. The second-order valence-electron chi connectivity index (χ2n) is 6.80. The zero-order valence-corrected chi connectivity index (χ0v) is 18.4. The predicted octanol–water partition coefficient (Wildman–Crippen LogP) is 4.75. The van der Waals surface area contributed by atoms with Gasteiger partial charge in [-0.1, -0.05) is 54.6 Å². The van der Waals surface area contributed by atoms with Crippen LogP contribution in [0.5, 0.6) is 5.75 Å². The Morgan fingerprint density at radius 3 is 2.53 bits per heavy atom. The van der Waals surface area contributed by atoms with Crippen LogP contribution in [0.4, 0.5) is 4.79 Å². The molecule has 3 rings (SSSR count). The van der Waals surface area contributed by atoms with Gasteiger partial charge in [-0.05, 0) is 48.2 Å².